The van der Waals surface area contributed by atoms with E-state index in [1.807, 2.05) is 37.4 Å². The molecule has 4 aromatic rings. The van der Waals surface area contributed by atoms with Crippen LogP contribution in [0, 0.1) is 18.3 Å². The molecular formula is C20H17N7OS. The van der Waals surface area contributed by atoms with Crippen LogP contribution in [0.2, 0.25) is 0 Å². The summed E-state index contributed by atoms with van der Waals surface area (Å²) in [4.78, 5) is 4.68. The molecule has 0 aliphatic carbocycles. The van der Waals surface area contributed by atoms with Crippen molar-refractivity contribution in [3.05, 3.63) is 47.2 Å². The SMILES string of the molecule is Cc1nnc(-c2cnc(-c3ccc4cc(C#N)cnn34)cc2N[C@@H]2CCOC2)s1. The van der Waals surface area contributed by atoms with E-state index in [0.717, 1.165) is 51.2 Å². The van der Waals surface area contributed by atoms with Crippen molar-refractivity contribution in [1.29, 1.82) is 5.26 Å². The number of aromatic nitrogens is 5. The number of aryl methyl sites for hydroxylation is 1. The van der Waals surface area contributed by atoms with E-state index in [2.05, 4.69) is 31.7 Å². The van der Waals surface area contributed by atoms with E-state index in [9.17, 15) is 0 Å². The number of nitriles is 1. The van der Waals surface area contributed by atoms with E-state index in [-0.39, 0.29) is 6.04 Å². The van der Waals surface area contributed by atoms with Gasteiger partial charge in [0.2, 0.25) is 0 Å². The quantitative estimate of drug-likeness (QED) is 0.558. The average Bonchev–Trinajstić information content (AvgIpc) is 3.48. The fourth-order valence-corrected chi connectivity index (χ4v) is 4.13. The predicted octanol–water partition coefficient (Wildman–Crippen LogP) is 3.30. The molecule has 1 aliphatic heterocycles. The van der Waals surface area contributed by atoms with Crippen LogP contribution in [0.5, 0.6) is 0 Å². The molecule has 5 rings (SSSR count). The molecule has 1 fully saturated rings. The molecule has 8 nitrogen and oxygen atoms in total. The van der Waals surface area contributed by atoms with Crippen LogP contribution in [0.25, 0.3) is 27.5 Å². The fourth-order valence-electron chi connectivity index (χ4n) is 3.41. The minimum Gasteiger partial charge on any atom is -0.379 e. The third-order valence-electron chi connectivity index (χ3n) is 4.84. The molecule has 4 aromatic heterocycles. The molecule has 144 valence electrons. The molecule has 0 bridgehead atoms. The summed E-state index contributed by atoms with van der Waals surface area (Å²) in [5, 5.41) is 27.3. The van der Waals surface area contributed by atoms with Crippen LogP contribution in [0.3, 0.4) is 0 Å². The molecule has 29 heavy (non-hydrogen) atoms. The third-order valence-corrected chi connectivity index (χ3v) is 5.71. The number of hydrogen-bond acceptors (Lipinski definition) is 8. The van der Waals surface area contributed by atoms with Crippen molar-refractivity contribution in [2.75, 3.05) is 18.5 Å². The smallest absolute Gasteiger partial charge is 0.151 e. The maximum absolute atomic E-state index is 9.09. The summed E-state index contributed by atoms with van der Waals surface area (Å²) in [5.41, 5.74) is 4.89. The van der Waals surface area contributed by atoms with Crippen LogP contribution in [-0.4, -0.2) is 44.1 Å². The van der Waals surface area contributed by atoms with Gasteiger partial charge in [-0.05, 0) is 37.6 Å². The fraction of sp³-hybridized carbons (Fsp3) is 0.250. The average molecular weight is 403 g/mol. The Morgan fingerprint density at radius 2 is 2.21 bits per heavy atom. The first-order valence-electron chi connectivity index (χ1n) is 9.24. The molecule has 1 atom stereocenters. The predicted molar refractivity (Wildman–Crippen MR) is 110 cm³/mol. The van der Waals surface area contributed by atoms with Crippen molar-refractivity contribution in [2.24, 2.45) is 0 Å². The van der Waals surface area contributed by atoms with Crippen LogP contribution in [0.4, 0.5) is 5.69 Å². The first-order valence-corrected chi connectivity index (χ1v) is 10.1. The van der Waals surface area contributed by atoms with Gasteiger partial charge in [0, 0.05) is 18.5 Å². The Morgan fingerprint density at radius 3 is 2.97 bits per heavy atom. The van der Waals surface area contributed by atoms with E-state index in [1.165, 1.54) is 0 Å². The van der Waals surface area contributed by atoms with Gasteiger partial charge in [-0.15, -0.1) is 10.2 Å². The highest BCUT2D eigenvalue weighted by Crippen LogP contribution is 2.34. The Labute approximate surface area is 170 Å². The lowest BCUT2D eigenvalue weighted by Gasteiger charge is -2.16. The highest BCUT2D eigenvalue weighted by molar-refractivity contribution is 7.14. The van der Waals surface area contributed by atoms with Crippen molar-refractivity contribution in [1.82, 2.24) is 24.8 Å². The molecule has 1 N–H and O–H groups in total. The standard InChI is InChI=1S/C20H17N7OS/c1-12-25-26-20(29-12)16-10-22-18(7-17(16)24-14-4-5-28-11-14)19-3-2-15-6-13(8-21)9-23-27(15)19/h2-3,6-7,9-10,14H,4-5,11H2,1H3,(H,22,24)/t14-/m1/s1. The number of rotatable bonds is 4. The van der Waals surface area contributed by atoms with Gasteiger partial charge in [0.05, 0.1) is 46.9 Å². The minimum absolute atomic E-state index is 0.249. The first-order chi connectivity index (χ1) is 14.2. The number of fused-ring (bicyclic) bond motifs is 1. The lowest BCUT2D eigenvalue weighted by atomic mass is 10.1. The van der Waals surface area contributed by atoms with E-state index in [0.29, 0.717) is 12.2 Å². The summed E-state index contributed by atoms with van der Waals surface area (Å²) in [6.07, 6.45) is 4.35. The van der Waals surface area contributed by atoms with Crippen molar-refractivity contribution >= 4 is 22.5 Å². The zero-order valence-corrected chi connectivity index (χ0v) is 16.5. The van der Waals surface area contributed by atoms with Crippen LogP contribution in [0.1, 0.15) is 17.0 Å². The first kappa shape index (κ1) is 17.7. The molecule has 0 saturated carbocycles. The second-order valence-electron chi connectivity index (χ2n) is 6.86. The summed E-state index contributed by atoms with van der Waals surface area (Å²) >= 11 is 1.54. The van der Waals surface area contributed by atoms with Gasteiger partial charge >= 0.3 is 0 Å². The Hall–Kier alpha value is -3.35. The molecule has 0 amide bonds. The minimum atomic E-state index is 0.249. The highest BCUT2D eigenvalue weighted by atomic mass is 32.1. The largest absolute Gasteiger partial charge is 0.379 e. The van der Waals surface area contributed by atoms with Gasteiger partial charge in [-0.1, -0.05) is 11.3 Å². The Morgan fingerprint density at radius 1 is 1.28 bits per heavy atom. The zero-order chi connectivity index (χ0) is 19.8. The summed E-state index contributed by atoms with van der Waals surface area (Å²) in [6.45, 7) is 3.38. The Kier molecular flexibility index (Phi) is 4.42. The van der Waals surface area contributed by atoms with Crippen LogP contribution in [0.15, 0.2) is 36.7 Å². The summed E-state index contributed by atoms with van der Waals surface area (Å²) in [6, 6.07) is 10.1. The number of pyridine rings is 1. The molecular weight excluding hydrogens is 386 g/mol. The second-order valence-corrected chi connectivity index (χ2v) is 8.04. The van der Waals surface area contributed by atoms with Gasteiger partial charge in [-0.3, -0.25) is 4.98 Å². The van der Waals surface area contributed by atoms with Crippen LogP contribution in [-0.2, 0) is 4.74 Å². The van der Waals surface area contributed by atoms with Gasteiger partial charge in [0.25, 0.3) is 0 Å². The number of ether oxygens (including phenoxy) is 1. The second kappa shape index (κ2) is 7.24. The van der Waals surface area contributed by atoms with Crippen molar-refractivity contribution in [2.45, 2.75) is 19.4 Å². The van der Waals surface area contributed by atoms with Gasteiger partial charge in [-0.2, -0.15) is 10.4 Å². The molecule has 5 heterocycles. The number of anilines is 1. The zero-order valence-electron chi connectivity index (χ0n) is 15.7. The van der Waals surface area contributed by atoms with Crippen LogP contribution < -0.4 is 5.32 Å². The molecule has 0 unspecified atom stereocenters. The highest BCUT2D eigenvalue weighted by Gasteiger charge is 2.20. The molecule has 1 saturated heterocycles. The van der Waals surface area contributed by atoms with Crippen molar-refractivity contribution in [3.8, 4) is 28.0 Å². The van der Waals surface area contributed by atoms with Crippen LogP contribution >= 0.6 is 11.3 Å². The Balaban J connectivity index is 1.60. The lowest BCUT2D eigenvalue weighted by molar-refractivity contribution is 0.195. The topological polar surface area (TPSA) is 101 Å². The molecule has 0 radical (unpaired) electrons. The number of nitrogens with zero attached hydrogens (tertiary/aromatic N) is 6. The normalized spacial score (nSPS) is 16.2. The molecule has 1 aliphatic rings. The molecule has 9 heteroatoms. The van der Waals surface area contributed by atoms with E-state index < -0.39 is 0 Å². The molecule has 0 aromatic carbocycles. The molecule has 0 spiro atoms. The van der Waals surface area contributed by atoms with E-state index in [4.69, 9.17) is 10.00 Å². The Bertz CT molecular complexity index is 1230. The van der Waals surface area contributed by atoms with Gasteiger partial charge in [0.1, 0.15) is 11.1 Å². The van der Waals surface area contributed by atoms with E-state index >= 15 is 0 Å². The van der Waals surface area contributed by atoms with Crippen molar-refractivity contribution in [3.63, 3.8) is 0 Å². The van der Waals surface area contributed by atoms with E-state index in [1.54, 1.807) is 22.0 Å². The maximum atomic E-state index is 9.09. The summed E-state index contributed by atoms with van der Waals surface area (Å²) < 4.78 is 7.31. The number of nitrogens with one attached hydrogen (secondary N) is 1. The monoisotopic (exact) mass is 403 g/mol. The van der Waals surface area contributed by atoms with Gasteiger partial charge < -0.3 is 10.1 Å². The number of hydrogen-bond donors (Lipinski definition) is 1. The lowest BCUT2D eigenvalue weighted by Crippen LogP contribution is -2.19. The van der Waals surface area contributed by atoms with Gasteiger partial charge in [0.15, 0.2) is 5.01 Å². The third kappa shape index (κ3) is 3.33. The van der Waals surface area contributed by atoms with Crippen molar-refractivity contribution < 1.29 is 4.74 Å². The van der Waals surface area contributed by atoms with Gasteiger partial charge in [-0.25, -0.2) is 4.52 Å². The summed E-state index contributed by atoms with van der Waals surface area (Å²) in [5.74, 6) is 0. The summed E-state index contributed by atoms with van der Waals surface area (Å²) in [7, 11) is 0. The maximum Gasteiger partial charge on any atom is 0.151 e.